The van der Waals surface area contributed by atoms with Crippen LogP contribution < -0.4 is 5.32 Å². The second-order valence-electron chi connectivity index (χ2n) is 5.24. The molecule has 110 valence electrons. The topological polar surface area (TPSA) is 55.4 Å². The second-order valence-corrected chi connectivity index (χ2v) is 6.05. The predicted molar refractivity (Wildman–Crippen MR) is 80.5 cm³/mol. The lowest BCUT2D eigenvalue weighted by atomic mass is 9.95. The monoisotopic (exact) mass is 317 g/mol. The van der Waals surface area contributed by atoms with E-state index in [0.29, 0.717) is 10.7 Å². The fourth-order valence-corrected chi connectivity index (χ4v) is 1.80. The number of carbonyl (C=O) groups excluding carboxylic acids is 2. The first-order valence-corrected chi connectivity index (χ1v) is 6.90. The number of carbonyl (C=O) groups is 2. The van der Waals surface area contributed by atoms with Crippen molar-refractivity contribution in [1.29, 1.82) is 0 Å². The first kappa shape index (κ1) is 16.8. The Morgan fingerprint density at radius 3 is 2.35 bits per heavy atom. The molecule has 0 heterocycles. The van der Waals surface area contributed by atoms with Gasteiger partial charge in [0.2, 0.25) is 5.91 Å². The number of esters is 1. The largest absolute Gasteiger partial charge is 0.462 e. The second kappa shape index (κ2) is 6.46. The Hall–Kier alpha value is -1.26. The Labute approximate surface area is 128 Å². The molecule has 6 heteroatoms. The third-order valence-electron chi connectivity index (χ3n) is 2.46. The molecule has 4 nitrogen and oxygen atoms in total. The molecular formula is C14H17Cl2NO3. The number of benzene rings is 1. The first-order valence-electron chi connectivity index (χ1n) is 6.14. The van der Waals surface area contributed by atoms with Crippen molar-refractivity contribution in [3.05, 3.63) is 27.7 Å². The molecule has 1 N–H and O–H groups in total. The van der Waals surface area contributed by atoms with Gasteiger partial charge in [-0.3, -0.25) is 4.79 Å². The molecule has 0 fully saturated rings. The van der Waals surface area contributed by atoms with Gasteiger partial charge in [-0.1, -0.05) is 44.0 Å². The molecular weight excluding hydrogens is 301 g/mol. The van der Waals surface area contributed by atoms with E-state index >= 15 is 0 Å². The van der Waals surface area contributed by atoms with E-state index in [0.717, 1.165) is 0 Å². The molecule has 0 saturated carbocycles. The SMILES string of the molecule is CCOC(=O)c1cc(Cl)cc(NC(=O)C(C)(C)C)c1Cl. The van der Waals surface area contributed by atoms with Crippen molar-refractivity contribution in [3.8, 4) is 0 Å². The molecule has 0 unspecified atom stereocenters. The minimum atomic E-state index is -0.588. The summed E-state index contributed by atoms with van der Waals surface area (Å²) in [5, 5.41) is 3.07. The van der Waals surface area contributed by atoms with Crippen LogP contribution in [0.1, 0.15) is 38.1 Å². The summed E-state index contributed by atoms with van der Waals surface area (Å²) >= 11 is 12.1. The van der Waals surface area contributed by atoms with Crippen molar-refractivity contribution in [1.82, 2.24) is 0 Å². The van der Waals surface area contributed by atoms with Crippen molar-refractivity contribution in [2.75, 3.05) is 11.9 Å². The van der Waals surface area contributed by atoms with Crippen molar-refractivity contribution in [2.24, 2.45) is 5.41 Å². The van der Waals surface area contributed by atoms with E-state index in [1.165, 1.54) is 12.1 Å². The Bertz CT molecular complexity index is 536. The summed E-state index contributed by atoms with van der Waals surface area (Å²) in [6, 6.07) is 2.91. The van der Waals surface area contributed by atoms with Gasteiger partial charge in [-0.05, 0) is 19.1 Å². The molecule has 0 aromatic heterocycles. The van der Waals surface area contributed by atoms with Gasteiger partial charge in [-0.2, -0.15) is 0 Å². The Balaban J connectivity index is 3.16. The van der Waals surface area contributed by atoms with Crippen molar-refractivity contribution in [3.63, 3.8) is 0 Å². The lowest BCUT2D eigenvalue weighted by molar-refractivity contribution is -0.123. The number of rotatable bonds is 3. The standard InChI is InChI=1S/C14H17Cl2NO3/c1-5-20-12(18)9-6-8(15)7-10(11(9)16)17-13(19)14(2,3)4/h6-7H,5H2,1-4H3,(H,17,19). The summed E-state index contributed by atoms with van der Waals surface area (Å²) in [4.78, 5) is 23.7. The zero-order valence-electron chi connectivity index (χ0n) is 11.8. The van der Waals surface area contributed by atoms with E-state index < -0.39 is 11.4 Å². The van der Waals surface area contributed by atoms with Crippen LogP contribution in [0.25, 0.3) is 0 Å². The average Bonchev–Trinajstić information content (AvgIpc) is 2.32. The van der Waals surface area contributed by atoms with E-state index in [2.05, 4.69) is 5.32 Å². The van der Waals surface area contributed by atoms with E-state index in [4.69, 9.17) is 27.9 Å². The molecule has 20 heavy (non-hydrogen) atoms. The average molecular weight is 318 g/mol. The molecule has 1 amide bonds. The zero-order chi connectivity index (χ0) is 15.5. The van der Waals surface area contributed by atoms with Crippen LogP contribution in [-0.2, 0) is 9.53 Å². The quantitative estimate of drug-likeness (QED) is 0.852. The predicted octanol–water partition coefficient (Wildman–Crippen LogP) is 4.15. The number of anilines is 1. The summed E-state index contributed by atoms with van der Waals surface area (Å²) in [7, 11) is 0. The van der Waals surface area contributed by atoms with Crippen LogP contribution in [0, 0.1) is 5.41 Å². The molecule has 0 radical (unpaired) electrons. The maximum absolute atomic E-state index is 12.0. The maximum atomic E-state index is 12.0. The van der Waals surface area contributed by atoms with E-state index in [1.54, 1.807) is 27.7 Å². The first-order chi connectivity index (χ1) is 9.16. The molecule has 0 aliphatic carbocycles. The van der Waals surface area contributed by atoms with Crippen LogP contribution in [0.4, 0.5) is 5.69 Å². The molecule has 0 aliphatic rings. The number of ether oxygens (including phenoxy) is 1. The fraction of sp³-hybridized carbons (Fsp3) is 0.429. The Morgan fingerprint density at radius 1 is 1.25 bits per heavy atom. The van der Waals surface area contributed by atoms with Gasteiger partial charge in [0.25, 0.3) is 0 Å². The van der Waals surface area contributed by atoms with Gasteiger partial charge < -0.3 is 10.1 Å². The van der Waals surface area contributed by atoms with Crippen LogP contribution in [0.3, 0.4) is 0 Å². The highest BCUT2D eigenvalue weighted by Gasteiger charge is 2.24. The summed E-state index contributed by atoms with van der Waals surface area (Å²) in [5.41, 5.74) is -0.164. The smallest absolute Gasteiger partial charge is 0.339 e. The normalized spacial score (nSPS) is 11.1. The van der Waals surface area contributed by atoms with Crippen molar-refractivity contribution >= 4 is 40.8 Å². The van der Waals surface area contributed by atoms with Gasteiger partial charge in [0, 0.05) is 10.4 Å². The lowest BCUT2D eigenvalue weighted by Crippen LogP contribution is -2.28. The molecule has 1 rings (SSSR count). The van der Waals surface area contributed by atoms with Gasteiger partial charge in [-0.15, -0.1) is 0 Å². The van der Waals surface area contributed by atoms with Crippen LogP contribution in [0.2, 0.25) is 10.0 Å². The molecule has 1 aromatic rings. The molecule has 1 aromatic carbocycles. The molecule has 0 bridgehead atoms. The number of hydrogen-bond donors (Lipinski definition) is 1. The van der Waals surface area contributed by atoms with Crippen LogP contribution in [0.5, 0.6) is 0 Å². The maximum Gasteiger partial charge on any atom is 0.339 e. The van der Waals surface area contributed by atoms with Crippen molar-refractivity contribution < 1.29 is 14.3 Å². The van der Waals surface area contributed by atoms with Crippen molar-refractivity contribution in [2.45, 2.75) is 27.7 Å². The summed E-state index contributed by atoms with van der Waals surface area (Å²) < 4.78 is 4.90. The van der Waals surface area contributed by atoms with Crippen LogP contribution in [-0.4, -0.2) is 18.5 Å². The van der Waals surface area contributed by atoms with E-state index in [9.17, 15) is 9.59 Å². The van der Waals surface area contributed by atoms with Gasteiger partial charge in [0.05, 0.1) is 22.9 Å². The third-order valence-corrected chi connectivity index (χ3v) is 3.09. The summed E-state index contributed by atoms with van der Waals surface area (Å²) in [6.07, 6.45) is 0. The Morgan fingerprint density at radius 2 is 1.85 bits per heavy atom. The number of nitrogens with one attached hydrogen (secondary N) is 1. The highest BCUT2D eigenvalue weighted by Crippen LogP contribution is 2.32. The highest BCUT2D eigenvalue weighted by molar-refractivity contribution is 6.38. The van der Waals surface area contributed by atoms with Gasteiger partial charge in [0.15, 0.2) is 0 Å². The molecule has 0 aliphatic heterocycles. The Kier molecular flexibility index (Phi) is 5.42. The third kappa shape index (κ3) is 4.12. The van der Waals surface area contributed by atoms with Crippen LogP contribution in [0.15, 0.2) is 12.1 Å². The van der Waals surface area contributed by atoms with E-state index in [1.807, 2.05) is 0 Å². The van der Waals surface area contributed by atoms with E-state index in [-0.39, 0.29) is 23.1 Å². The lowest BCUT2D eigenvalue weighted by Gasteiger charge is -2.19. The zero-order valence-corrected chi connectivity index (χ0v) is 13.4. The number of amides is 1. The minimum absolute atomic E-state index is 0.116. The van der Waals surface area contributed by atoms with Crippen LogP contribution >= 0.6 is 23.2 Å². The van der Waals surface area contributed by atoms with Gasteiger partial charge >= 0.3 is 5.97 Å². The molecule has 0 saturated heterocycles. The summed E-state index contributed by atoms with van der Waals surface area (Å²) in [5.74, 6) is -0.803. The minimum Gasteiger partial charge on any atom is -0.462 e. The molecule has 0 spiro atoms. The fourth-order valence-electron chi connectivity index (χ4n) is 1.35. The highest BCUT2D eigenvalue weighted by atomic mass is 35.5. The number of halogens is 2. The number of hydrogen-bond acceptors (Lipinski definition) is 3. The van der Waals surface area contributed by atoms with Gasteiger partial charge in [0.1, 0.15) is 0 Å². The summed E-state index contributed by atoms with van der Waals surface area (Å²) in [6.45, 7) is 7.23. The van der Waals surface area contributed by atoms with Gasteiger partial charge in [-0.25, -0.2) is 4.79 Å². The molecule has 0 atom stereocenters.